The summed E-state index contributed by atoms with van der Waals surface area (Å²) in [7, 11) is 1.73. The number of carbonyl (C=O) groups excluding carboxylic acids is 1. The maximum absolute atomic E-state index is 10.7. The van der Waals surface area contributed by atoms with Crippen LogP contribution in [0.5, 0.6) is 0 Å². The normalized spacial score (nSPS) is 14.5. The molecule has 0 heterocycles. The van der Waals surface area contributed by atoms with Gasteiger partial charge in [0.2, 0.25) is 0 Å². The molecule has 15 heavy (non-hydrogen) atoms. The number of benzene rings is 1. The summed E-state index contributed by atoms with van der Waals surface area (Å²) < 4.78 is 0. The number of carbonyl (C=O) groups is 1. The minimum Gasteiger partial charge on any atom is -0.544 e. The highest BCUT2D eigenvalue weighted by Crippen LogP contribution is 1.95. The molecule has 0 amide bonds. The number of carboxylic acid groups (broad SMARTS) is 1. The van der Waals surface area contributed by atoms with Gasteiger partial charge in [0.05, 0.1) is 7.05 Å². The molecule has 4 heteroatoms. The van der Waals surface area contributed by atoms with Crippen LogP contribution in [0.3, 0.4) is 0 Å². The first kappa shape index (κ1) is 11.7. The average Bonchev–Trinajstić information content (AvgIpc) is 2.19. The summed E-state index contributed by atoms with van der Waals surface area (Å²) in [5.41, 5.74) is 1.04. The summed E-state index contributed by atoms with van der Waals surface area (Å²) >= 11 is 0. The second-order valence-electron chi connectivity index (χ2n) is 3.56. The molecule has 0 saturated heterocycles. The molecule has 0 aliphatic heterocycles. The van der Waals surface area contributed by atoms with Crippen molar-refractivity contribution in [2.45, 2.75) is 12.6 Å². The van der Waals surface area contributed by atoms with Crippen LogP contribution in [-0.4, -0.2) is 30.8 Å². The zero-order valence-corrected chi connectivity index (χ0v) is 8.64. The molecule has 0 bridgehead atoms. The Labute approximate surface area is 88.8 Å². The summed E-state index contributed by atoms with van der Waals surface area (Å²) in [6.45, 7) is 0.154. The van der Waals surface area contributed by atoms with E-state index in [2.05, 4.69) is 0 Å². The molecule has 0 aliphatic rings. The number of hydrogen-bond acceptors (Lipinski definition) is 3. The maximum Gasteiger partial charge on any atom is 0.151 e. The Kier molecular flexibility index (Phi) is 4.27. The molecule has 0 saturated carbocycles. The van der Waals surface area contributed by atoms with Crippen LogP contribution in [0.15, 0.2) is 30.3 Å². The van der Waals surface area contributed by atoms with Gasteiger partial charge in [-0.25, -0.2) is 0 Å². The highest BCUT2D eigenvalue weighted by molar-refractivity contribution is 5.69. The van der Waals surface area contributed by atoms with E-state index in [0.29, 0.717) is 11.4 Å². The summed E-state index contributed by atoms with van der Waals surface area (Å²) in [5.74, 6) is -1.22. The lowest BCUT2D eigenvalue weighted by molar-refractivity contribution is -0.913. The Balaban J connectivity index is 2.62. The van der Waals surface area contributed by atoms with Crippen molar-refractivity contribution >= 4 is 5.97 Å². The molecule has 82 valence electrons. The monoisotopic (exact) mass is 209 g/mol. The molecule has 0 radical (unpaired) electrons. The number of quaternary nitrogens is 1. The number of rotatable bonds is 5. The van der Waals surface area contributed by atoms with Crippen LogP contribution in [0.25, 0.3) is 0 Å². The minimum absolute atomic E-state index is 0.402. The lowest BCUT2D eigenvalue weighted by atomic mass is 10.2. The van der Waals surface area contributed by atoms with E-state index >= 15 is 0 Å². The molecule has 0 spiro atoms. The van der Waals surface area contributed by atoms with Crippen LogP contribution >= 0.6 is 0 Å². The van der Waals surface area contributed by atoms with Crippen LogP contribution in [0, 0.1) is 0 Å². The second-order valence-corrected chi connectivity index (χ2v) is 3.56. The molecule has 0 fully saturated rings. The number of aliphatic hydroxyl groups excluding tert-OH is 1. The molecule has 1 aromatic carbocycles. The quantitative estimate of drug-likeness (QED) is 0.579. The van der Waals surface area contributed by atoms with E-state index in [1.807, 2.05) is 30.3 Å². The Bertz CT molecular complexity index is 313. The topological polar surface area (TPSA) is 64.8 Å². The first-order valence-electron chi connectivity index (χ1n) is 4.83. The lowest BCUT2D eigenvalue weighted by Crippen LogP contribution is -3.14. The van der Waals surface area contributed by atoms with E-state index < -0.39 is 18.6 Å². The number of aliphatic carboxylic acids is 1. The molecule has 2 N–H and O–H groups in total. The number of nitrogens with one attached hydrogen (secondary N) is 1. The predicted molar refractivity (Wildman–Crippen MR) is 52.9 cm³/mol. The zero-order chi connectivity index (χ0) is 11.3. The van der Waals surface area contributed by atoms with E-state index in [-0.39, 0.29) is 0 Å². The van der Waals surface area contributed by atoms with Crippen molar-refractivity contribution in [3.63, 3.8) is 0 Å². The molecule has 4 nitrogen and oxygen atoms in total. The molecule has 1 unspecified atom stereocenters. The Morgan fingerprint density at radius 3 is 2.53 bits per heavy atom. The second kappa shape index (κ2) is 5.48. The van der Waals surface area contributed by atoms with Crippen LogP contribution in [0.4, 0.5) is 0 Å². The van der Waals surface area contributed by atoms with Crippen molar-refractivity contribution in [1.29, 1.82) is 0 Å². The molecular weight excluding hydrogens is 194 g/mol. The van der Waals surface area contributed by atoms with Gasteiger partial charge in [0.15, 0.2) is 6.04 Å². The summed E-state index contributed by atoms with van der Waals surface area (Å²) in [4.78, 5) is 11.4. The maximum atomic E-state index is 10.7. The molecule has 1 aromatic rings. The van der Waals surface area contributed by atoms with E-state index in [4.69, 9.17) is 5.11 Å². The Morgan fingerprint density at radius 2 is 2.07 bits per heavy atom. The van der Waals surface area contributed by atoms with Crippen LogP contribution in [0.2, 0.25) is 0 Å². The van der Waals surface area contributed by atoms with Gasteiger partial charge in [-0.1, -0.05) is 30.3 Å². The largest absolute Gasteiger partial charge is 0.544 e. The Morgan fingerprint density at radius 1 is 1.47 bits per heavy atom. The average molecular weight is 209 g/mol. The Hall–Kier alpha value is -1.39. The number of likely N-dealkylation sites (N-methyl/N-ethyl adjacent to an activating group) is 1. The number of aliphatic hydroxyl groups is 1. The third-order valence-corrected chi connectivity index (χ3v) is 2.39. The van der Waals surface area contributed by atoms with Gasteiger partial charge in [-0.3, -0.25) is 0 Å². The zero-order valence-electron chi connectivity index (χ0n) is 8.64. The highest BCUT2D eigenvalue weighted by Gasteiger charge is 2.18. The van der Waals surface area contributed by atoms with Crippen molar-refractivity contribution in [2.75, 3.05) is 13.7 Å². The number of hydrogen-bond donors (Lipinski definition) is 2. The molecule has 2 atom stereocenters. The van der Waals surface area contributed by atoms with Crippen molar-refractivity contribution in [3.8, 4) is 0 Å². The summed E-state index contributed by atoms with van der Waals surface area (Å²) in [5, 5.41) is 19.6. The molecular formula is C11H15NO3. The molecule has 1 rings (SSSR count). The van der Waals surface area contributed by atoms with Gasteiger partial charge in [-0.15, -0.1) is 0 Å². The molecule has 0 aromatic heterocycles. The minimum atomic E-state index is -1.22. The number of carboxylic acids is 1. The van der Waals surface area contributed by atoms with Crippen molar-refractivity contribution in [1.82, 2.24) is 0 Å². The van der Waals surface area contributed by atoms with Crippen LogP contribution in [0.1, 0.15) is 5.56 Å². The summed E-state index contributed by atoms with van der Waals surface area (Å²) in [6, 6.07) is 8.68. The molecule has 0 aliphatic carbocycles. The van der Waals surface area contributed by atoms with Crippen molar-refractivity contribution < 1.29 is 19.9 Å². The van der Waals surface area contributed by atoms with Gasteiger partial charge in [0.25, 0.3) is 0 Å². The van der Waals surface area contributed by atoms with Crippen LogP contribution in [-0.2, 0) is 11.3 Å². The van der Waals surface area contributed by atoms with Gasteiger partial charge >= 0.3 is 0 Å². The predicted octanol–water partition coefficient (Wildman–Crippen LogP) is -2.19. The first-order valence-corrected chi connectivity index (χ1v) is 4.83. The van der Waals surface area contributed by atoms with Crippen molar-refractivity contribution in [2.24, 2.45) is 0 Å². The van der Waals surface area contributed by atoms with E-state index in [0.717, 1.165) is 5.56 Å². The highest BCUT2D eigenvalue weighted by atomic mass is 16.4. The first-order chi connectivity index (χ1) is 7.15. The fraction of sp³-hybridized carbons (Fsp3) is 0.364. The summed E-state index contributed by atoms with van der Waals surface area (Å²) in [6.07, 6.45) is 0. The fourth-order valence-electron chi connectivity index (χ4n) is 1.47. The SMILES string of the molecule is C[NH+](Cc1ccccc1)[C@@H](CO)C(=O)[O-]. The van der Waals surface area contributed by atoms with Gasteiger partial charge in [-0.2, -0.15) is 0 Å². The van der Waals surface area contributed by atoms with E-state index in [9.17, 15) is 9.90 Å². The van der Waals surface area contributed by atoms with Gasteiger partial charge < -0.3 is 19.9 Å². The van der Waals surface area contributed by atoms with E-state index in [1.165, 1.54) is 0 Å². The van der Waals surface area contributed by atoms with Gasteiger partial charge in [-0.05, 0) is 0 Å². The smallest absolute Gasteiger partial charge is 0.151 e. The standard InChI is InChI=1S/C11H15NO3/c1-12(10(8-13)11(14)15)7-9-5-3-2-4-6-9/h2-6,10,13H,7-8H2,1H3,(H,14,15)/t10-/m0/s1. The van der Waals surface area contributed by atoms with Gasteiger partial charge in [0.1, 0.15) is 19.1 Å². The van der Waals surface area contributed by atoms with Crippen molar-refractivity contribution in [3.05, 3.63) is 35.9 Å². The van der Waals surface area contributed by atoms with Crippen LogP contribution < -0.4 is 10.0 Å². The van der Waals surface area contributed by atoms with E-state index in [1.54, 1.807) is 7.05 Å². The lowest BCUT2D eigenvalue weighted by Gasteiger charge is -2.23. The fourth-order valence-corrected chi connectivity index (χ4v) is 1.47. The third-order valence-electron chi connectivity index (χ3n) is 2.39. The third kappa shape index (κ3) is 3.34. The van der Waals surface area contributed by atoms with Gasteiger partial charge in [0, 0.05) is 5.56 Å².